The Hall–Kier alpha value is -1.03. The highest BCUT2D eigenvalue weighted by Crippen LogP contribution is 2.31. The van der Waals surface area contributed by atoms with Gasteiger partial charge in [-0.3, -0.25) is 0 Å². The Morgan fingerprint density at radius 2 is 2.28 bits per heavy atom. The van der Waals surface area contributed by atoms with E-state index in [1.807, 2.05) is 31.2 Å². The lowest BCUT2D eigenvalue weighted by molar-refractivity contribution is 0.400. The summed E-state index contributed by atoms with van der Waals surface area (Å²) in [4.78, 5) is 0. The molecule has 3 nitrogen and oxygen atoms in total. The molecule has 0 amide bonds. The molecule has 3 N–H and O–H groups in total. The van der Waals surface area contributed by atoms with Gasteiger partial charge < -0.3 is 15.8 Å². The molecule has 0 heterocycles. The number of rotatable bonds is 7. The first-order valence-electron chi connectivity index (χ1n) is 6.11. The predicted octanol–water partition coefficient (Wildman–Crippen LogP) is 2.90. The van der Waals surface area contributed by atoms with Crippen LogP contribution in [0.2, 0.25) is 5.02 Å². The van der Waals surface area contributed by atoms with E-state index in [-0.39, 0.29) is 6.04 Å². The van der Waals surface area contributed by atoms with Crippen molar-refractivity contribution in [3.8, 4) is 5.75 Å². The molecule has 1 rings (SSSR count). The fraction of sp³-hybridized carbons (Fsp3) is 0.429. The van der Waals surface area contributed by atoms with Crippen molar-refractivity contribution in [1.82, 2.24) is 5.32 Å². The molecule has 4 heteroatoms. The minimum absolute atomic E-state index is 0.0129. The second-order valence-electron chi connectivity index (χ2n) is 3.96. The highest BCUT2D eigenvalue weighted by atomic mass is 35.5. The quantitative estimate of drug-likeness (QED) is 0.590. The van der Waals surface area contributed by atoms with Gasteiger partial charge in [-0.2, -0.15) is 0 Å². The minimum atomic E-state index is 0.0129. The molecular weight excluding hydrogens is 248 g/mol. The van der Waals surface area contributed by atoms with Crippen LogP contribution in [0.5, 0.6) is 5.75 Å². The molecule has 0 fully saturated rings. The fourth-order valence-corrected chi connectivity index (χ4v) is 2.14. The molecule has 1 atom stereocenters. The summed E-state index contributed by atoms with van der Waals surface area (Å²) in [6, 6.07) is 5.64. The van der Waals surface area contributed by atoms with Crippen LogP contribution in [0.3, 0.4) is 0 Å². The van der Waals surface area contributed by atoms with Crippen LogP contribution < -0.4 is 15.8 Å². The van der Waals surface area contributed by atoms with E-state index in [1.54, 1.807) is 7.11 Å². The maximum absolute atomic E-state index is 6.23. The molecule has 0 saturated carbocycles. The number of ether oxygens (including phenoxy) is 1. The van der Waals surface area contributed by atoms with Crippen LogP contribution in [0.25, 0.3) is 0 Å². The van der Waals surface area contributed by atoms with Gasteiger partial charge in [0.05, 0.1) is 7.11 Å². The van der Waals surface area contributed by atoms with E-state index >= 15 is 0 Å². The molecule has 0 spiro atoms. The van der Waals surface area contributed by atoms with E-state index in [2.05, 4.69) is 11.4 Å². The third-order valence-corrected chi connectivity index (χ3v) is 3.08. The average molecular weight is 269 g/mol. The molecule has 18 heavy (non-hydrogen) atoms. The molecule has 1 unspecified atom stereocenters. The summed E-state index contributed by atoms with van der Waals surface area (Å²) in [5.41, 5.74) is 6.75. The van der Waals surface area contributed by atoms with E-state index < -0.39 is 0 Å². The van der Waals surface area contributed by atoms with Crippen LogP contribution in [0.1, 0.15) is 24.9 Å². The van der Waals surface area contributed by atoms with Gasteiger partial charge in [0, 0.05) is 23.2 Å². The molecule has 0 radical (unpaired) electrons. The topological polar surface area (TPSA) is 47.3 Å². The van der Waals surface area contributed by atoms with Crippen molar-refractivity contribution in [2.45, 2.75) is 19.4 Å². The summed E-state index contributed by atoms with van der Waals surface area (Å²) in [5.74, 6) is 0.775. The molecule has 0 aliphatic rings. The van der Waals surface area contributed by atoms with Crippen molar-refractivity contribution in [2.24, 2.45) is 5.73 Å². The number of methoxy groups -OCH3 is 1. The van der Waals surface area contributed by atoms with Crippen LogP contribution in [-0.2, 0) is 0 Å². The molecule has 0 aliphatic carbocycles. The zero-order valence-electron chi connectivity index (χ0n) is 10.9. The SMILES string of the molecule is C/C=C/CCNC(CN)c1c(Cl)cccc1OC. The highest BCUT2D eigenvalue weighted by molar-refractivity contribution is 6.31. The van der Waals surface area contributed by atoms with Crippen molar-refractivity contribution in [1.29, 1.82) is 0 Å². The van der Waals surface area contributed by atoms with Crippen molar-refractivity contribution in [3.05, 3.63) is 40.9 Å². The van der Waals surface area contributed by atoms with Crippen molar-refractivity contribution >= 4 is 11.6 Å². The number of benzene rings is 1. The smallest absolute Gasteiger partial charge is 0.125 e. The Morgan fingerprint density at radius 3 is 2.89 bits per heavy atom. The van der Waals surface area contributed by atoms with Gasteiger partial charge in [-0.05, 0) is 32.0 Å². The Kier molecular flexibility index (Phi) is 6.80. The first-order valence-corrected chi connectivity index (χ1v) is 6.49. The van der Waals surface area contributed by atoms with E-state index in [0.717, 1.165) is 24.3 Å². The number of nitrogens with one attached hydrogen (secondary N) is 1. The van der Waals surface area contributed by atoms with Crippen LogP contribution in [0, 0.1) is 0 Å². The van der Waals surface area contributed by atoms with Crippen LogP contribution in [0.15, 0.2) is 30.4 Å². The van der Waals surface area contributed by atoms with E-state index in [4.69, 9.17) is 22.1 Å². The van der Waals surface area contributed by atoms with E-state index in [1.165, 1.54) is 0 Å². The zero-order valence-corrected chi connectivity index (χ0v) is 11.7. The Bertz CT molecular complexity index is 393. The Labute approximate surface area is 114 Å². The third kappa shape index (κ3) is 4.02. The van der Waals surface area contributed by atoms with Crippen LogP contribution in [0.4, 0.5) is 0 Å². The largest absolute Gasteiger partial charge is 0.496 e. The molecule has 1 aromatic carbocycles. The standard InChI is InChI=1S/C14H21ClN2O/c1-3-4-5-9-17-12(10-16)14-11(15)7-6-8-13(14)18-2/h3-4,6-8,12,17H,5,9-10,16H2,1-2H3/b4-3+. The highest BCUT2D eigenvalue weighted by Gasteiger charge is 2.17. The van der Waals surface area contributed by atoms with Gasteiger partial charge >= 0.3 is 0 Å². The first-order chi connectivity index (χ1) is 8.74. The van der Waals surface area contributed by atoms with E-state index in [0.29, 0.717) is 11.6 Å². The predicted molar refractivity (Wildman–Crippen MR) is 77.2 cm³/mol. The number of hydrogen-bond donors (Lipinski definition) is 2. The number of hydrogen-bond acceptors (Lipinski definition) is 3. The third-order valence-electron chi connectivity index (χ3n) is 2.75. The summed E-state index contributed by atoms with van der Waals surface area (Å²) in [6.45, 7) is 3.36. The van der Waals surface area contributed by atoms with Crippen LogP contribution in [-0.4, -0.2) is 20.2 Å². The van der Waals surface area contributed by atoms with Gasteiger partial charge in [0.25, 0.3) is 0 Å². The number of allylic oxidation sites excluding steroid dienone is 1. The molecule has 0 bridgehead atoms. The fourth-order valence-electron chi connectivity index (χ4n) is 1.84. The van der Waals surface area contributed by atoms with E-state index in [9.17, 15) is 0 Å². The minimum Gasteiger partial charge on any atom is -0.496 e. The number of nitrogens with two attached hydrogens (primary N) is 1. The molecule has 0 aliphatic heterocycles. The molecule has 0 aromatic heterocycles. The summed E-state index contributed by atoms with van der Waals surface area (Å²) in [5, 5.41) is 4.08. The maximum atomic E-state index is 6.23. The second kappa shape index (κ2) is 8.14. The maximum Gasteiger partial charge on any atom is 0.125 e. The van der Waals surface area contributed by atoms with Gasteiger partial charge in [-0.1, -0.05) is 29.8 Å². The Morgan fingerprint density at radius 1 is 1.50 bits per heavy atom. The van der Waals surface area contributed by atoms with Crippen molar-refractivity contribution in [2.75, 3.05) is 20.2 Å². The summed E-state index contributed by atoms with van der Waals surface area (Å²) < 4.78 is 5.34. The first kappa shape index (κ1) is 15.0. The normalized spacial score (nSPS) is 12.9. The zero-order chi connectivity index (χ0) is 13.4. The van der Waals surface area contributed by atoms with Gasteiger partial charge in [0.2, 0.25) is 0 Å². The summed E-state index contributed by atoms with van der Waals surface area (Å²) in [6.07, 6.45) is 5.12. The monoisotopic (exact) mass is 268 g/mol. The lowest BCUT2D eigenvalue weighted by Crippen LogP contribution is -2.29. The lowest BCUT2D eigenvalue weighted by atomic mass is 10.1. The van der Waals surface area contributed by atoms with Crippen molar-refractivity contribution < 1.29 is 4.74 Å². The average Bonchev–Trinajstić information content (AvgIpc) is 2.39. The van der Waals surface area contributed by atoms with Gasteiger partial charge in [-0.15, -0.1) is 0 Å². The van der Waals surface area contributed by atoms with Gasteiger partial charge in [0.15, 0.2) is 0 Å². The molecule has 1 aromatic rings. The van der Waals surface area contributed by atoms with Gasteiger partial charge in [0.1, 0.15) is 5.75 Å². The summed E-state index contributed by atoms with van der Waals surface area (Å²) >= 11 is 6.23. The second-order valence-corrected chi connectivity index (χ2v) is 4.36. The van der Waals surface area contributed by atoms with Gasteiger partial charge in [-0.25, -0.2) is 0 Å². The summed E-state index contributed by atoms with van der Waals surface area (Å²) in [7, 11) is 1.64. The molecule has 0 saturated heterocycles. The van der Waals surface area contributed by atoms with Crippen molar-refractivity contribution in [3.63, 3.8) is 0 Å². The molecule has 100 valence electrons. The Balaban J connectivity index is 2.80. The van der Waals surface area contributed by atoms with Crippen LogP contribution >= 0.6 is 11.6 Å². The lowest BCUT2D eigenvalue weighted by Gasteiger charge is -2.20. The molecular formula is C14H21ClN2O. The number of halogens is 1.